The van der Waals surface area contributed by atoms with E-state index in [1.807, 2.05) is 31.2 Å². The maximum Gasteiger partial charge on any atom is 0.243 e. The summed E-state index contributed by atoms with van der Waals surface area (Å²) in [5.41, 5.74) is 3.16. The average Bonchev–Trinajstić information content (AvgIpc) is 2.65. The highest BCUT2D eigenvalue weighted by Gasteiger charge is 2.13. The van der Waals surface area contributed by atoms with Crippen molar-refractivity contribution in [3.8, 4) is 0 Å². The Kier molecular flexibility index (Phi) is 8.18. The van der Waals surface area contributed by atoms with Crippen LogP contribution in [0, 0.1) is 13.8 Å². The minimum absolute atomic E-state index is 0.00914. The molecule has 0 aliphatic carbocycles. The maximum absolute atomic E-state index is 12.1. The van der Waals surface area contributed by atoms with Gasteiger partial charge in [0, 0.05) is 16.4 Å². The summed E-state index contributed by atoms with van der Waals surface area (Å²) in [5, 5.41) is 8.57. The SMILES string of the molecule is Cc1ccc(NC(=O)CN(C)CC(=O)NCC(=O)Nc2cccc(Cl)c2C)cc1. The average molecular weight is 417 g/mol. The minimum Gasteiger partial charge on any atom is -0.346 e. The lowest BCUT2D eigenvalue weighted by Gasteiger charge is -2.16. The molecule has 0 radical (unpaired) electrons. The van der Waals surface area contributed by atoms with Crippen LogP contribution in [0.4, 0.5) is 11.4 Å². The van der Waals surface area contributed by atoms with Crippen molar-refractivity contribution >= 4 is 40.7 Å². The van der Waals surface area contributed by atoms with Gasteiger partial charge < -0.3 is 16.0 Å². The molecule has 0 saturated heterocycles. The third kappa shape index (κ3) is 7.56. The van der Waals surface area contributed by atoms with E-state index >= 15 is 0 Å². The molecule has 0 saturated carbocycles. The van der Waals surface area contributed by atoms with E-state index < -0.39 is 0 Å². The van der Waals surface area contributed by atoms with E-state index in [4.69, 9.17) is 11.6 Å². The summed E-state index contributed by atoms with van der Waals surface area (Å²) < 4.78 is 0. The van der Waals surface area contributed by atoms with Crippen molar-refractivity contribution in [3.05, 3.63) is 58.6 Å². The predicted octanol–water partition coefficient (Wildman–Crippen LogP) is 2.58. The molecule has 0 heterocycles. The van der Waals surface area contributed by atoms with Gasteiger partial charge in [-0.05, 0) is 50.7 Å². The zero-order valence-electron chi connectivity index (χ0n) is 16.7. The van der Waals surface area contributed by atoms with Crippen molar-refractivity contribution in [1.29, 1.82) is 0 Å². The van der Waals surface area contributed by atoms with E-state index in [1.165, 1.54) is 0 Å². The number of hydrogen-bond acceptors (Lipinski definition) is 4. The number of carbonyl (C=O) groups excluding carboxylic acids is 3. The Morgan fingerprint density at radius 2 is 1.55 bits per heavy atom. The van der Waals surface area contributed by atoms with E-state index in [1.54, 1.807) is 37.1 Å². The van der Waals surface area contributed by atoms with Crippen LogP contribution >= 0.6 is 11.6 Å². The van der Waals surface area contributed by atoms with E-state index in [-0.39, 0.29) is 37.4 Å². The van der Waals surface area contributed by atoms with Gasteiger partial charge in [0.2, 0.25) is 17.7 Å². The number of benzene rings is 2. The summed E-state index contributed by atoms with van der Waals surface area (Å²) in [6, 6.07) is 12.7. The second-order valence-corrected chi connectivity index (χ2v) is 7.23. The molecule has 2 aromatic rings. The molecule has 2 rings (SSSR count). The molecule has 0 spiro atoms. The Balaban J connectivity index is 1.72. The monoisotopic (exact) mass is 416 g/mol. The molecule has 0 aromatic heterocycles. The molecule has 0 aliphatic heterocycles. The van der Waals surface area contributed by atoms with Gasteiger partial charge in [0.1, 0.15) is 0 Å². The molecule has 2 aromatic carbocycles. The Bertz CT molecular complexity index is 884. The molecule has 3 amide bonds. The van der Waals surface area contributed by atoms with Crippen molar-refractivity contribution in [2.45, 2.75) is 13.8 Å². The van der Waals surface area contributed by atoms with Gasteiger partial charge in [-0.2, -0.15) is 0 Å². The van der Waals surface area contributed by atoms with E-state index in [9.17, 15) is 14.4 Å². The number of anilines is 2. The molecule has 29 heavy (non-hydrogen) atoms. The van der Waals surface area contributed by atoms with Crippen LogP contribution in [-0.4, -0.2) is 49.3 Å². The van der Waals surface area contributed by atoms with Gasteiger partial charge in [-0.25, -0.2) is 0 Å². The van der Waals surface area contributed by atoms with E-state index in [0.717, 1.165) is 11.1 Å². The Morgan fingerprint density at radius 3 is 2.24 bits per heavy atom. The van der Waals surface area contributed by atoms with Crippen LogP contribution in [-0.2, 0) is 14.4 Å². The highest BCUT2D eigenvalue weighted by atomic mass is 35.5. The first-order valence-corrected chi connectivity index (χ1v) is 9.49. The molecule has 154 valence electrons. The molecule has 0 bridgehead atoms. The highest BCUT2D eigenvalue weighted by molar-refractivity contribution is 6.31. The van der Waals surface area contributed by atoms with Gasteiger partial charge >= 0.3 is 0 Å². The molecule has 0 aliphatic rings. The Hall–Kier alpha value is -2.90. The molecule has 7 nitrogen and oxygen atoms in total. The molecule has 0 unspecified atom stereocenters. The fourth-order valence-electron chi connectivity index (χ4n) is 2.56. The van der Waals surface area contributed by atoms with E-state index in [0.29, 0.717) is 16.4 Å². The normalized spacial score (nSPS) is 10.5. The number of amides is 3. The lowest BCUT2D eigenvalue weighted by molar-refractivity contribution is -0.125. The van der Waals surface area contributed by atoms with Gasteiger partial charge in [0.05, 0.1) is 19.6 Å². The topological polar surface area (TPSA) is 90.5 Å². The van der Waals surface area contributed by atoms with Gasteiger partial charge in [-0.3, -0.25) is 19.3 Å². The molecule has 8 heteroatoms. The van der Waals surface area contributed by atoms with Crippen molar-refractivity contribution in [1.82, 2.24) is 10.2 Å². The Morgan fingerprint density at radius 1 is 0.897 bits per heavy atom. The summed E-state index contributed by atoms with van der Waals surface area (Å²) in [5.74, 6) is -0.935. The maximum atomic E-state index is 12.1. The predicted molar refractivity (Wildman–Crippen MR) is 115 cm³/mol. The molecular weight excluding hydrogens is 392 g/mol. The first kappa shape index (κ1) is 22.4. The third-order valence-corrected chi connectivity index (χ3v) is 4.56. The van der Waals surface area contributed by atoms with Crippen LogP contribution in [0.25, 0.3) is 0 Å². The summed E-state index contributed by atoms with van der Waals surface area (Å²) in [4.78, 5) is 37.7. The van der Waals surface area contributed by atoms with Gasteiger partial charge in [0.25, 0.3) is 0 Å². The fourth-order valence-corrected chi connectivity index (χ4v) is 2.73. The smallest absolute Gasteiger partial charge is 0.243 e. The molecule has 0 atom stereocenters. The van der Waals surface area contributed by atoms with Crippen molar-refractivity contribution in [2.24, 2.45) is 0 Å². The summed E-state index contributed by atoms with van der Waals surface area (Å²) in [6.45, 7) is 3.63. The lowest BCUT2D eigenvalue weighted by atomic mass is 10.2. The second kappa shape index (κ2) is 10.6. The number of likely N-dealkylation sites (N-methyl/N-ethyl adjacent to an activating group) is 1. The number of halogens is 1. The summed E-state index contributed by atoms with van der Waals surface area (Å²) in [7, 11) is 1.66. The number of carbonyl (C=O) groups is 3. The summed E-state index contributed by atoms with van der Waals surface area (Å²) >= 11 is 6.02. The number of aryl methyl sites for hydroxylation is 1. The molecule has 0 fully saturated rings. The Labute approximate surface area is 175 Å². The fraction of sp³-hybridized carbons (Fsp3) is 0.286. The summed E-state index contributed by atoms with van der Waals surface area (Å²) in [6.07, 6.45) is 0. The van der Waals surface area contributed by atoms with Gasteiger partial charge in [-0.1, -0.05) is 35.4 Å². The van der Waals surface area contributed by atoms with Crippen molar-refractivity contribution < 1.29 is 14.4 Å². The lowest BCUT2D eigenvalue weighted by Crippen LogP contribution is -2.41. The first-order chi connectivity index (χ1) is 13.7. The van der Waals surface area contributed by atoms with Crippen molar-refractivity contribution in [2.75, 3.05) is 37.3 Å². The van der Waals surface area contributed by atoms with Crippen molar-refractivity contribution in [3.63, 3.8) is 0 Å². The molecule has 3 N–H and O–H groups in total. The number of nitrogens with zero attached hydrogens (tertiary/aromatic N) is 1. The van der Waals surface area contributed by atoms with Crippen LogP contribution in [0.2, 0.25) is 5.02 Å². The third-order valence-electron chi connectivity index (χ3n) is 4.15. The van der Waals surface area contributed by atoms with Crippen LogP contribution in [0.15, 0.2) is 42.5 Å². The van der Waals surface area contributed by atoms with E-state index in [2.05, 4.69) is 16.0 Å². The number of hydrogen-bond donors (Lipinski definition) is 3. The zero-order chi connectivity index (χ0) is 21.4. The van der Waals surface area contributed by atoms with Gasteiger partial charge in [-0.15, -0.1) is 0 Å². The first-order valence-electron chi connectivity index (χ1n) is 9.11. The number of nitrogens with one attached hydrogen (secondary N) is 3. The standard InChI is InChI=1S/C21H25ClN4O3/c1-14-7-9-16(10-8-14)24-21(29)13-26(3)12-20(28)23-11-19(27)25-18-6-4-5-17(22)15(18)2/h4-10H,11-13H2,1-3H3,(H,23,28)(H,24,29)(H,25,27). The largest absolute Gasteiger partial charge is 0.346 e. The van der Waals surface area contributed by atoms with Crippen LogP contribution in [0.3, 0.4) is 0 Å². The van der Waals surface area contributed by atoms with Crippen LogP contribution in [0.5, 0.6) is 0 Å². The van der Waals surface area contributed by atoms with Crippen LogP contribution < -0.4 is 16.0 Å². The number of rotatable bonds is 8. The van der Waals surface area contributed by atoms with Gasteiger partial charge in [0.15, 0.2) is 0 Å². The minimum atomic E-state index is -0.358. The zero-order valence-corrected chi connectivity index (χ0v) is 17.5. The second-order valence-electron chi connectivity index (χ2n) is 6.82. The quantitative estimate of drug-likeness (QED) is 0.617. The molecular formula is C21H25ClN4O3. The van der Waals surface area contributed by atoms with Crippen LogP contribution in [0.1, 0.15) is 11.1 Å². The highest BCUT2D eigenvalue weighted by Crippen LogP contribution is 2.22.